The number of halogens is 3. The van der Waals surface area contributed by atoms with Crippen molar-refractivity contribution in [2.75, 3.05) is 13.2 Å². The fraction of sp³-hybridized carbons (Fsp3) is 0.488. The highest BCUT2D eigenvalue weighted by Crippen LogP contribution is 2.42. The Morgan fingerprint density at radius 3 is 1.64 bits per heavy atom. The highest BCUT2D eigenvalue weighted by Gasteiger charge is 2.53. The molecule has 2 heterocycles. The molecule has 2 aliphatic rings. The van der Waals surface area contributed by atoms with E-state index in [4.69, 9.17) is 68.0 Å². The maximum atomic E-state index is 13.2. The van der Waals surface area contributed by atoms with Crippen molar-refractivity contribution in [3.05, 3.63) is 108 Å². The maximum absolute atomic E-state index is 13.2. The SMILES string of the molecule is CC(=O)OC1[C@H](O[C@@H]2C(NC(=O)OCC(Cl)(Cl)Cl)[C@H](C)OC(COC(c3ccccc3)(c3ccccc3)c3ccccc3)[C@@H]2OC(C)=O)OC(C)[C@@H](C)[C@@H]1C. The summed E-state index contributed by atoms with van der Waals surface area (Å²) in [6.07, 6.45) is -7.32. The third-order valence-electron chi connectivity index (χ3n) is 10.2. The minimum absolute atomic E-state index is 0.00358. The Labute approximate surface area is 337 Å². The smallest absolute Gasteiger partial charge is 0.407 e. The van der Waals surface area contributed by atoms with Gasteiger partial charge in [0, 0.05) is 19.8 Å². The Hall–Kier alpha value is -3.42. The molecule has 1 amide bonds. The predicted octanol–water partition coefficient (Wildman–Crippen LogP) is 7.51. The Kier molecular flexibility index (Phi) is 14.5. The lowest BCUT2D eigenvalue weighted by Gasteiger charge is -2.49. The van der Waals surface area contributed by atoms with Crippen LogP contribution in [-0.2, 0) is 48.3 Å². The van der Waals surface area contributed by atoms with Crippen LogP contribution in [0.4, 0.5) is 4.79 Å². The van der Waals surface area contributed by atoms with E-state index in [0.29, 0.717) is 0 Å². The number of carbonyl (C=O) groups excluding carboxylic acids is 3. The van der Waals surface area contributed by atoms with Crippen molar-refractivity contribution in [3.8, 4) is 0 Å². The largest absolute Gasteiger partial charge is 0.457 e. The zero-order valence-electron chi connectivity index (χ0n) is 31.6. The summed E-state index contributed by atoms with van der Waals surface area (Å²) >= 11 is 17.6. The summed E-state index contributed by atoms with van der Waals surface area (Å²) in [5, 5.41) is 2.76. The molecule has 2 saturated heterocycles. The van der Waals surface area contributed by atoms with Crippen LogP contribution >= 0.6 is 34.8 Å². The summed E-state index contributed by atoms with van der Waals surface area (Å²) in [7, 11) is 0. The molecule has 298 valence electrons. The number of ether oxygens (including phenoxy) is 7. The normalized spacial score (nSPS) is 28.5. The summed E-state index contributed by atoms with van der Waals surface area (Å²) in [5.41, 5.74) is 1.40. The molecule has 0 saturated carbocycles. The van der Waals surface area contributed by atoms with Gasteiger partial charge in [0.2, 0.25) is 3.79 Å². The second-order valence-corrected chi connectivity index (χ2v) is 16.5. The summed E-state index contributed by atoms with van der Waals surface area (Å²) in [5.74, 6) is -1.36. The zero-order chi connectivity index (χ0) is 39.9. The van der Waals surface area contributed by atoms with Gasteiger partial charge in [-0.1, -0.05) is 140 Å². The van der Waals surface area contributed by atoms with Gasteiger partial charge in [-0.3, -0.25) is 9.59 Å². The van der Waals surface area contributed by atoms with E-state index >= 15 is 0 Å². The van der Waals surface area contributed by atoms with E-state index in [0.717, 1.165) is 16.7 Å². The molecule has 0 radical (unpaired) electrons. The van der Waals surface area contributed by atoms with E-state index in [9.17, 15) is 14.4 Å². The first kappa shape index (κ1) is 42.7. The summed E-state index contributed by atoms with van der Waals surface area (Å²) in [6, 6.07) is 28.3. The first-order chi connectivity index (χ1) is 26.1. The molecule has 14 heteroatoms. The molecule has 3 aromatic carbocycles. The first-order valence-electron chi connectivity index (χ1n) is 18.2. The van der Waals surface area contributed by atoms with E-state index in [2.05, 4.69) is 5.32 Å². The molecular formula is C41H48Cl3NO10. The van der Waals surface area contributed by atoms with Crippen molar-refractivity contribution < 1.29 is 47.5 Å². The predicted molar refractivity (Wildman–Crippen MR) is 207 cm³/mol. The van der Waals surface area contributed by atoms with Crippen molar-refractivity contribution >= 4 is 52.8 Å². The molecule has 4 unspecified atom stereocenters. The molecule has 2 aliphatic heterocycles. The quantitative estimate of drug-likeness (QED) is 0.0849. The second-order valence-electron chi connectivity index (χ2n) is 14.0. The second kappa shape index (κ2) is 18.7. The lowest BCUT2D eigenvalue weighted by Crippen LogP contribution is -2.67. The molecule has 2 fully saturated rings. The van der Waals surface area contributed by atoms with Gasteiger partial charge in [0.15, 0.2) is 18.5 Å². The molecule has 5 rings (SSSR count). The van der Waals surface area contributed by atoms with Gasteiger partial charge in [-0.05, 0) is 36.5 Å². The Balaban J connectivity index is 1.57. The summed E-state index contributed by atoms with van der Waals surface area (Å²) < 4.78 is 41.9. The van der Waals surface area contributed by atoms with Gasteiger partial charge in [-0.2, -0.15) is 0 Å². The molecule has 3 aromatic rings. The van der Waals surface area contributed by atoms with Crippen LogP contribution in [0.5, 0.6) is 0 Å². The Bertz CT molecular complexity index is 1620. The summed E-state index contributed by atoms with van der Waals surface area (Å²) in [6.45, 7) is 9.47. The molecule has 10 atom stereocenters. The lowest BCUT2D eigenvalue weighted by atomic mass is 9.80. The fourth-order valence-corrected chi connectivity index (χ4v) is 7.42. The molecule has 1 N–H and O–H groups in total. The number of amides is 1. The number of hydrogen-bond acceptors (Lipinski definition) is 10. The highest BCUT2D eigenvalue weighted by molar-refractivity contribution is 6.67. The van der Waals surface area contributed by atoms with Crippen molar-refractivity contribution in [1.82, 2.24) is 5.32 Å². The van der Waals surface area contributed by atoms with Crippen LogP contribution in [0.25, 0.3) is 0 Å². The average molecular weight is 821 g/mol. The van der Waals surface area contributed by atoms with E-state index in [1.807, 2.05) is 112 Å². The third kappa shape index (κ3) is 10.5. The average Bonchev–Trinajstić information content (AvgIpc) is 3.15. The van der Waals surface area contributed by atoms with Crippen LogP contribution in [0.1, 0.15) is 58.2 Å². The van der Waals surface area contributed by atoms with Crippen molar-refractivity contribution in [3.63, 3.8) is 0 Å². The molecule has 55 heavy (non-hydrogen) atoms. The van der Waals surface area contributed by atoms with Gasteiger partial charge < -0.3 is 38.5 Å². The minimum atomic E-state index is -1.87. The van der Waals surface area contributed by atoms with Crippen molar-refractivity contribution in [2.24, 2.45) is 11.8 Å². The monoisotopic (exact) mass is 819 g/mol. The molecule has 0 aromatic heterocycles. The van der Waals surface area contributed by atoms with Crippen molar-refractivity contribution in [1.29, 1.82) is 0 Å². The van der Waals surface area contributed by atoms with Gasteiger partial charge in [0.05, 0.1) is 24.9 Å². The van der Waals surface area contributed by atoms with Crippen molar-refractivity contribution in [2.45, 2.75) is 99.9 Å². The fourth-order valence-electron chi connectivity index (χ4n) is 7.26. The third-order valence-corrected chi connectivity index (χ3v) is 10.5. The molecule has 0 aliphatic carbocycles. The number of hydrogen-bond donors (Lipinski definition) is 1. The number of benzene rings is 3. The van der Waals surface area contributed by atoms with Crippen LogP contribution in [0.2, 0.25) is 0 Å². The molecule has 0 spiro atoms. The zero-order valence-corrected chi connectivity index (χ0v) is 33.8. The lowest BCUT2D eigenvalue weighted by molar-refractivity contribution is -0.314. The van der Waals surface area contributed by atoms with E-state index < -0.39 is 76.9 Å². The highest BCUT2D eigenvalue weighted by atomic mass is 35.6. The van der Waals surface area contributed by atoms with Gasteiger partial charge in [-0.15, -0.1) is 0 Å². The van der Waals surface area contributed by atoms with Crippen LogP contribution in [0.15, 0.2) is 91.0 Å². The van der Waals surface area contributed by atoms with Crippen LogP contribution in [-0.4, -0.2) is 84.0 Å². The number of nitrogens with one attached hydrogen (secondary N) is 1. The number of esters is 2. The van der Waals surface area contributed by atoms with Crippen LogP contribution < -0.4 is 5.32 Å². The van der Waals surface area contributed by atoms with E-state index in [1.165, 1.54) is 13.8 Å². The van der Waals surface area contributed by atoms with Gasteiger partial charge in [-0.25, -0.2) is 4.79 Å². The number of rotatable bonds is 12. The molecule has 0 bridgehead atoms. The Morgan fingerprint density at radius 2 is 1.16 bits per heavy atom. The van der Waals surface area contributed by atoms with Crippen LogP contribution in [0, 0.1) is 11.8 Å². The maximum Gasteiger partial charge on any atom is 0.407 e. The number of alkyl halides is 3. The first-order valence-corrected chi connectivity index (χ1v) is 19.4. The molecule has 11 nitrogen and oxygen atoms in total. The molecular weight excluding hydrogens is 773 g/mol. The Morgan fingerprint density at radius 1 is 0.673 bits per heavy atom. The number of carbonyl (C=O) groups is 3. The van der Waals surface area contributed by atoms with E-state index in [1.54, 1.807) is 6.92 Å². The van der Waals surface area contributed by atoms with Gasteiger partial charge in [0.1, 0.15) is 24.4 Å². The standard InChI is InChI=1S/C41H48Cl3NO10/c1-24-25(2)35(53-28(5)46)38(52-26(24)3)55-37-34(45-39(48)49-23-40(42,43)44)27(4)51-33(36(37)54-29(6)47)22-50-41(30-16-10-7-11-17-30,31-18-12-8-13-19-31)32-20-14-9-15-21-32/h7-21,24-27,33-38H,22-23H2,1-6H3,(H,45,48)/t24-,25-,26?,27-,33?,34?,35?,36-,37+,38-/m0/s1. The topological polar surface area (TPSA) is 128 Å². The van der Waals surface area contributed by atoms with E-state index in [-0.39, 0.29) is 24.5 Å². The minimum Gasteiger partial charge on any atom is -0.457 e. The summed E-state index contributed by atoms with van der Waals surface area (Å²) in [4.78, 5) is 38.4. The van der Waals surface area contributed by atoms with Gasteiger partial charge in [0.25, 0.3) is 0 Å². The van der Waals surface area contributed by atoms with Crippen LogP contribution in [0.3, 0.4) is 0 Å². The number of alkyl carbamates (subject to hydrolysis) is 1. The van der Waals surface area contributed by atoms with Gasteiger partial charge >= 0.3 is 18.0 Å².